The Kier molecular flexibility index (Phi) is 2.84. The fourth-order valence-corrected chi connectivity index (χ4v) is 2.32. The summed E-state index contributed by atoms with van der Waals surface area (Å²) in [6, 6.07) is 10.4. The van der Waals surface area contributed by atoms with Crippen molar-refractivity contribution in [3.05, 3.63) is 53.2 Å². The molecule has 0 radical (unpaired) electrons. The lowest BCUT2D eigenvalue weighted by Crippen LogP contribution is -2.11. The molecule has 3 aromatic rings. The highest BCUT2D eigenvalue weighted by Gasteiger charge is 2.11. The number of nitrogens with zero attached hydrogens (tertiary/aromatic N) is 2. The maximum absolute atomic E-state index is 11.1. The Balaban J connectivity index is 2.20. The largest absolute Gasteiger partial charge is 0.399 e. The van der Waals surface area contributed by atoms with Crippen LogP contribution in [-0.4, -0.2) is 15.7 Å². The van der Waals surface area contributed by atoms with E-state index in [1.54, 1.807) is 23.0 Å². The van der Waals surface area contributed by atoms with Crippen LogP contribution in [0, 0.1) is 0 Å². The van der Waals surface area contributed by atoms with Crippen molar-refractivity contribution in [2.24, 2.45) is 5.73 Å². The molecular weight excluding hydrogens is 276 g/mol. The number of benzene rings is 2. The Labute approximate surface area is 119 Å². The maximum atomic E-state index is 11.1. The van der Waals surface area contributed by atoms with Gasteiger partial charge in [0.1, 0.15) is 0 Å². The minimum absolute atomic E-state index is 0.356. The molecule has 5 nitrogen and oxygen atoms in total. The quantitative estimate of drug-likeness (QED) is 0.709. The molecule has 0 bridgehead atoms. The first-order chi connectivity index (χ1) is 9.56. The van der Waals surface area contributed by atoms with Crippen molar-refractivity contribution in [1.82, 2.24) is 9.78 Å². The zero-order valence-electron chi connectivity index (χ0n) is 10.4. The van der Waals surface area contributed by atoms with Crippen LogP contribution >= 0.6 is 11.6 Å². The number of anilines is 1. The van der Waals surface area contributed by atoms with E-state index in [-0.39, 0.29) is 0 Å². The second-order valence-corrected chi connectivity index (χ2v) is 4.81. The van der Waals surface area contributed by atoms with Crippen molar-refractivity contribution in [1.29, 1.82) is 0 Å². The van der Waals surface area contributed by atoms with E-state index >= 15 is 0 Å². The van der Waals surface area contributed by atoms with Gasteiger partial charge in [-0.15, -0.1) is 0 Å². The van der Waals surface area contributed by atoms with Crippen LogP contribution in [0.5, 0.6) is 0 Å². The summed E-state index contributed by atoms with van der Waals surface area (Å²) in [6.45, 7) is 0. The van der Waals surface area contributed by atoms with Gasteiger partial charge in [-0.1, -0.05) is 11.6 Å². The van der Waals surface area contributed by atoms with Gasteiger partial charge in [-0.25, -0.2) is 4.68 Å². The number of nitrogen functional groups attached to an aromatic ring is 1. The third-order valence-corrected chi connectivity index (χ3v) is 3.36. The zero-order valence-corrected chi connectivity index (χ0v) is 11.1. The second-order valence-electron chi connectivity index (χ2n) is 4.41. The van der Waals surface area contributed by atoms with Crippen LogP contribution in [0.2, 0.25) is 5.02 Å². The first kappa shape index (κ1) is 12.5. The van der Waals surface area contributed by atoms with Gasteiger partial charge in [-0.3, -0.25) is 4.79 Å². The van der Waals surface area contributed by atoms with Crippen LogP contribution in [0.4, 0.5) is 5.69 Å². The lowest BCUT2D eigenvalue weighted by molar-refractivity contribution is 0.100. The number of primary amides is 1. The zero-order chi connectivity index (χ0) is 14.3. The average molecular weight is 287 g/mol. The van der Waals surface area contributed by atoms with Gasteiger partial charge < -0.3 is 11.5 Å². The number of hydrogen-bond acceptors (Lipinski definition) is 3. The van der Waals surface area contributed by atoms with E-state index in [2.05, 4.69) is 5.10 Å². The fraction of sp³-hybridized carbons (Fsp3) is 0. The number of nitrogens with two attached hydrogens (primary N) is 2. The molecular formula is C14H11ClN4O. The van der Waals surface area contributed by atoms with Gasteiger partial charge in [0.25, 0.3) is 0 Å². The molecule has 0 saturated carbocycles. The fourth-order valence-electron chi connectivity index (χ4n) is 2.06. The Morgan fingerprint density at radius 1 is 1.20 bits per heavy atom. The van der Waals surface area contributed by atoms with Gasteiger partial charge in [-0.2, -0.15) is 5.10 Å². The molecule has 0 unspecified atom stereocenters. The van der Waals surface area contributed by atoms with E-state index in [1.165, 1.54) is 6.07 Å². The highest BCUT2D eigenvalue weighted by molar-refractivity contribution is 6.32. The molecule has 3 rings (SSSR count). The summed E-state index contributed by atoms with van der Waals surface area (Å²) in [5.41, 5.74) is 13.5. The van der Waals surface area contributed by atoms with Crippen LogP contribution in [0.1, 0.15) is 10.4 Å². The van der Waals surface area contributed by atoms with Crippen molar-refractivity contribution in [3.8, 4) is 5.69 Å². The molecule has 1 heterocycles. The van der Waals surface area contributed by atoms with Crippen molar-refractivity contribution in [2.45, 2.75) is 0 Å². The maximum Gasteiger partial charge on any atom is 0.248 e. The number of rotatable bonds is 2. The number of fused-ring (bicyclic) bond motifs is 1. The molecule has 20 heavy (non-hydrogen) atoms. The monoisotopic (exact) mass is 286 g/mol. The Morgan fingerprint density at radius 3 is 2.70 bits per heavy atom. The summed E-state index contributed by atoms with van der Waals surface area (Å²) in [5, 5.41) is 5.65. The van der Waals surface area contributed by atoms with Gasteiger partial charge in [0.15, 0.2) is 0 Å². The van der Waals surface area contributed by atoms with Gasteiger partial charge in [0, 0.05) is 16.6 Å². The molecule has 1 aromatic heterocycles. The molecule has 0 spiro atoms. The third kappa shape index (κ3) is 1.98. The molecule has 0 atom stereocenters. The highest BCUT2D eigenvalue weighted by atomic mass is 35.5. The number of amides is 1. The SMILES string of the molecule is NC(=O)c1ccc(-n2ncc3ccc(N)cc32)c(Cl)c1. The summed E-state index contributed by atoms with van der Waals surface area (Å²) in [6.07, 6.45) is 1.73. The van der Waals surface area contributed by atoms with Crippen molar-refractivity contribution < 1.29 is 4.79 Å². The van der Waals surface area contributed by atoms with E-state index in [1.807, 2.05) is 18.2 Å². The smallest absolute Gasteiger partial charge is 0.248 e. The Bertz CT molecular complexity index is 825. The number of carbonyl (C=O) groups excluding carboxylic acids is 1. The van der Waals surface area contributed by atoms with Gasteiger partial charge in [0.2, 0.25) is 5.91 Å². The van der Waals surface area contributed by atoms with E-state index < -0.39 is 5.91 Å². The first-order valence-electron chi connectivity index (χ1n) is 5.89. The molecule has 4 N–H and O–H groups in total. The predicted octanol–water partition coefficient (Wildman–Crippen LogP) is 2.36. The molecule has 0 aliphatic rings. The lowest BCUT2D eigenvalue weighted by Gasteiger charge is -2.07. The summed E-state index contributed by atoms with van der Waals surface area (Å²) in [7, 11) is 0. The minimum Gasteiger partial charge on any atom is -0.399 e. The van der Waals surface area contributed by atoms with Crippen molar-refractivity contribution in [3.63, 3.8) is 0 Å². The minimum atomic E-state index is -0.520. The molecule has 0 fully saturated rings. The molecule has 0 aliphatic heterocycles. The van der Waals surface area contributed by atoms with Crippen LogP contribution in [0.3, 0.4) is 0 Å². The Hall–Kier alpha value is -2.53. The first-order valence-corrected chi connectivity index (χ1v) is 6.27. The molecule has 0 aliphatic carbocycles. The molecule has 0 saturated heterocycles. The molecule has 6 heteroatoms. The summed E-state index contributed by atoms with van der Waals surface area (Å²) in [5.74, 6) is -0.520. The number of aromatic nitrogens is 2. The van der Waals surface area contributed by atoms with Crippen molar-refractivity contribution >= 4 is 34.1 Å². The standard InChI is InChI=1S/C14H11ClN4O/c15-11-5-8(14(17)20)2-4-12(11)19-13-6-10(16)3-1-9(13)7-18-19/h1-7H,16H2,(H2,17,20). The summed E-state index contributed by atoms with van der Waals surface area (Å²) >= 11 is 6.21. The number of carbonyl (C=O) groups is 1. The van der Waals surface area contributed by atoms with E-state index in [9.17, 15) is 4.79 Å². The lowest BCUT2D eigenvalue weighted by atomic mass is 10.2. The van der Waals surface area contributed by atoms with E-state index in [0.717, 1.165) is 10.9 Å². The summed E-state index contributed by atoms with van der Waals surface area (Å²) < 4.78 is 1.68. The third-order valence-electron chi connectivity index (χ3n) is 3.06. The normalized spacial score (nSPS) is 10.8. The number of halogens is 1. The highest BCUT2D eigenvalue weighted by Crippen LogP contribution is 2.26. The van der Waals surface area contributed by atoms with Crippen LogP contribution in [0.25, 0.3) is 16.6 Å². The van der Waals surface area contributed by atoms with Crippen LogP contribution in [-0.2, 0) is 0 Å². The predicted molar refractivity (Wildman–Crippen MR) is 79.0 cm³/mol. The van der Waals surface area contributed by atoms with Crippen LogP contribution in [0.15, 0.2) is 42.6 Å². The van der Waals surface area contributed by atoms with Gasteiger partial charge in [-0.05, 0) is 36.4 Å². The van der Waals surface area contributed by atoms with Gasteiger partial charge >= 0.3 is 0 Å². The molecule has 1 amide bonds. The van der Waals surface area contributed by atoms with Gasteiger partial charge in [0.05, 0.1) is 22.4 Å². The molecule has 2 aromatic carbocycles. The Morgan fingerprint density at radius 2 is 2.00 bits per heavy atom. The summed E-state index contributed by atoms with van der Waals surface area (Å²) in [4.78, 5) is 11.1. The van der Waals surface area contributed by atoms with E-state index in [4.69, 9.17) is 23.1 Å². The van der Waals surface area contributed by atoms with E-state index in [0.29, 0.717) is 22.0 Å². The second kappa shape index (κ2) is 4.54. The number of hydrogen-bond donors (Lipinski definition) is 2. The van der Waals surface area contributed by atoms with Crippen LogP contribution < -0.4 is 11.5 Å². The molecule has 100 valence electrons. The van der Waals surface area contributed by atoms with Crippen molar-refractivity contribution in [2.75, 3.05) is 5.73 Å². The topological polar surface area (TPSA) is 86.9 Å². The average Bonchev–Trinajstić information content (AvgIpc) is 2.81.